The Balaban J connectivity index is 1.40. The van der Waals surface area contributed by atoms with E-state index in [4.69, 9.17) is 9.15 Å². The molecule has 0 unspecified atom stereocenters. The van der Waals surface area contributed by atoms with Gasteiger partial charge >= 0.3 is 5.63 Å². The number of ether oxygens (including phenoxy) is 1. The minimum absolute atomic E-state index is 0.0354. The average Bonchev–Trinajstić information content (AvgIpc) is 3.51. The second kappa shape index (κ2) is 7.50. The van der Waals surface area contributed by atoms with Crippen molar-refractivity contribution in [3.8, 4) is 5.75 Å². The molecule has 0 aliphatic heterocycles. The van der Waals surface area contributed by atoms with Gasteiger partial charge in [-0.3, -0.25) is 4.79 Å². The standard InChI is InChI=1S/C23H23NO4/c1-14-11-22(25)28-21-12-19(9-10-20(14)21)27-13-16-3-5-18(6-4-16)23(26)24-15(2)17-7-8-17/h3-6,9-12,15,17H,7-8,13H2,1-2H3,(H,24,26)/t15-/m1/s1. The highest BCUT2D eigenvalue weighted by Gasteiger charge is 2.29. The molecule has 1 aromatic heterocycles. The first-order valence-corrected chi connectivity index (χ1v) is 9.57. The fraction of sp³-hybridized carbons (Fsp3) is 0.304. The molecule has 1 aliphatic rings. The minimum atomic E-state index is -0.369. The van der Waals surface area contributed by atoms with E-state index in [1.54, 1.807) is 6.07 Å². The van der Waals surface area contributed by atoms with Gasteiger partial charge in [-0.1, -0.05) is 12.1 Å². The first-order valence-electron chi connectivity index (χ1n) is 9.57. The molecule has 1 saturated carbocycles. The first-order chi connectivity index (χ1) is 13.5. The molecule has 28 heavy (non-hydrogen) atoms. The number of carbonyl (C=O) groups excluding carboxylic acids is 1. The molecule has 1 heterocycles. The van der Waals surface area contributed by atoms with Gasteiger partial charge in [0, 0.05) is 29.1 Å². The zero-order valence-electron chi connectivity index (χ0n) is 16.0. The molecular formula is C23H23NO4. The zero-order valence-corrected chi connectivity index (χ0v) is 16.0. The molecule has 1 aliphatic carbocycles. The van der Waals surface area contributed by atoms with Gasteiger partial charge in [0.15, 0.2) is 0 Å². The van der Waals surface area contributed by atoms with Crippen LogP contribution in [0.2, 0.25) is 0 Å². The Kier molecular flexibility index (Phi) is 4.90. The maximum Gasteiger partial charge on any atom is 0.336 e. The summed E-state index contributed by atoms with van der Waals surface area (Å²) in [4.78, 5) is 23.8. The Morgan fingerprint density at radius 2 is 1.93 bits per heavy atom. The van der Waals surface area contributed by atoms with Crippen LogP contribution in [-0.4, -0.2) is 11.9 Å². The topological polar surface area (TPSA) is 68.5 Å². The van der Waals surface area contributed by atoms with E-state index >= 15 is 0 Å². The van der Waals surface area contributed by atoms with E-state index in [0.717, 1.165) is 16.5 Å². The number of hydrogen-bond acceptors (Lipinski definition) is 4. The molecular weight excluding hydrogens is 354 g/mol. The van der Waals surface area contributed by atoms with Crippen molar-refractivity contribution in [3.05, 3.63) is 75.6 Å². The van der Waals surface area contributed by atoms with E-state index < -0.39 is 0 Å². The summed E-state index contributed by atoms with van der Waals surface area (Å²) in [5.74, 6) is 1.22. The third-order valence-electron chi connectivity index (χ3n) is 5.23. The van der Waals surface area contributed by atoms with Crippen LogP contribution in [0.3, 0.4) is 0 Å². The summed E-state index contributed by atoms with van der Waals surface area (Å²) in [7, 11) is 0. The van der Waals surface area contributed by atoms with Crippen molar-refractivity contribution in [2.75, 3.05) is 0 Å². The van der Waals surface area contributed by atoms with Gasteiger partial charge in [-0.2, -0.15) is 0 Å². The van der Waals surface area contributed by atoms with Crippen LogP contribution in [0, 0.1) is 12.8 Å². The third kappa shape index (κ3) is 4.09. The van der Waals surface area contributed by atoms with Gasteiger partial charge in [0.25, 0.3) is 5.91 Å². The number of nitrogens with one attached hydrogen (secondary N) is 1. The molecule has 2 aromatic carbocycles. The Hall–Kier alpha value is -3.08. The van der Waals surface area contributed by atoms with Gasteiger partial charge in [0.1, 0.15) is 17.9 Å². The number of benzene rings is 2. The summed E-state index contributed by atoms with van der Waals surface area (Å²) in [6.07, 6.45) is 2.41. The average molecular weight is 377 g/mol. The van der Waals surface area contributed by atoms with Crippen molar-refractivity contribution in [3.63, 3.8) is 0 Å². The maximum atomic E-state index is 12.3. The molecule has 0 spiro atoms. The van der Waals surface area contributed by atoms with Crippen LogP contribution in [-0.2, 0) is 6.61 Å². The molecule has 1 N–H and O–H groups in total. The van der Waals surface area contributed by atoms with Crippen LogP contribution in [0.5, 0.6) is 5.75 Å². The van der Waals surface area contributed by atoms with Crippen molar-refractivity contribution in [2.24, 2.45) is 5.92 Å². The second-order valence-electron chi connectivity index (χ2n) is 7.49. The van der Waals surface area contributed by atoms with Crippen molar-refractivity contribution < 1.29 is 13.9 Å². The smallest absolute Gasteiger partial charge is 0.336 e. The molecule has 1 fully saturated rings. The van der Waals surface area contributed by atoms with Crippen LogP contribution >= 0.6 is 0 Å². The summed E-state index contributed by atoms with van der Waals surface area (Å²) in [5.41, 5.74) is 2.63. The molecule has 144 valence electrons. The fourth-order valence-electron chi connectivity index (χ4n) is 3.32. The molecule has 0 saturated heterocycles. The van der Waals surface area contributed by atoms with Crippen LogP contribution in [0.25, 0.3) is 11.0 Å². The molecule has 5 heteroatoms. The Morgan fingerprint density at radius 3 is 2.64 bits per heavy atom. The Morgan fingerprint density at radius 1 is 1.18 bits per heavy atom. The lowest BCUT2D eigenvalue weighted by Gasteiger charge is -2.13. The molecule has 0 radical (unpaired) electrons. The van der Waals surface area contributed by atoms with E-state index in [0.29, 0.717) is 29.4 Å². The van der Waals surface area contributed by atoms with Crippen LogP contribution in [0.4, 0.5) is 0 Å². The van der Waals surface area contributed by atoms with Gasteiger partial charge in [0.05, 0.1) is 0 Å². The monoisotopic (exact) mass is 377 g/mol. The van der Waals surface area contributed by atoms with Crippen molar-refractivity contribution in [1.82, 2.24) is 5.32 Å². The van der Waals surface area contributed by atoms with Crippen LogP contribution < -0.4 is 15.7 Å². The number of amides is 1. The summed E-state index contributed by atoms with van der Waals surface area (Å²) in [6.45, 7) is 4.30. The SMILES string of the molecule is Cc1cc(=O)oc2cc(OCc3ccc(C(=O)N[C@H](C)C4CC4)cc3)ccc12. The zero-order chi connectivity index (χ0) is 19.7. The van der Waals surface area contributed by atoms with Gasteiger partial charge in [-0.15, -0.1) is 0 Å². The number of hydrogen-bond donors (Lipinski definition) is 1. The quantitative estimate of drug-likeness (QED) is 0.654. The molecule has 1 amide bonds. The molecule has 3 aromatic rings. The summed E-state index contributed by atoms with van der Waals surface area (Å²) < 4.78 is 11.1. The lowest BCUT2D eigenvalue weighted by Crippen LogP contribution is -2.33. The predicted molar refractivity (Wildman–Crippen MR) is 108 cm³/mol. The van der Waals surface area contributed by atoms with E-state index in [2.05, 4.69) is 12.2 Å². The lowest BCUT2D eigenvalue weighted by atomic mass is 10.1. The molecule has 0 bridgehead atoms. The third-order valence-corrected chi connectivity index (χ3v) is 5.23. The maximum absolute atomic E-state index is 12.3. The molecule has 5 nitrogen and oxygen atoms in total. The highest BCUT2D eigenvalue weighted by Crippen LogP contribution is 2.32. The van der Waals surface area contributed by atoms with Crippen LogP contribution in [0.1, 0.15) is 41.3 Å². The number of rotatable bonds is 6. The molecule has 4 rings (SSSR count). The summed E-state index contributed by atoms with van der Waals surface area (Å²) >= 11 is 0. The normalized spacial score (nSPS) is 14.6. The van der Waals surface area contributed by atoms with Gasteiger partial charge in [-0.25, -0.2) is 4.79 Å². The van der Waals surface area contributed by atoms with Gasteiger partial charge in [-0.05, 0) is 68.0 Å². The minimum Gasteiger partial charge on any atom is -0.489 e. The number of carbonyl (C=O) groups is 1. The Labute approximate surface area is 163 Å². The highest BCUT2D eigenvalue weighted by molar-refractivity contribution is 5.94. The largest absolute Gasteiger partial charge is 0.489 e. The number of aryl methyl sites for hydroxylation is 1. The van der Waals surface area contributed by atoms with E-state index in [-0.39, 0.29) is 17.6 Å². The first kappa shape index (κ1) is 18.3. The number of fused-ring (bicyclic) bond motifs is 1. The van der Waals surface area contributed by atoms with E-state index in [1.165, 1.54) is 18.9 Å². The highest BCUT2D eigenvalue weighted by atomic mass is 16.5. The summed E-state index contributed by atoms with van der Waals surface area (Å²) in [6, 6.07) is 14.6. The Bertz CT molecular complexity index is 1060. The predicted octanol–water partition coefficient (Wildman–Crippen LogP) is 4.21. The summed E-state index contributed by atoms with van der Waals surface area (Å²) in [5, 5.41) is 3.95. The van der Waals surface area contributed by atoms with Crippen molar-refractivity contribution in [1.29, 1.82) is 0 Å². The lowest BCUT2D eigenvalue weighted by molar-refractivity contribution is 0.0936. The fourth-order valence-corrected chi connectivity index (χ4v) is 3.32. The van der Waals surface area contributed by atoms with E-state index in [9.17, 15) is 9.59 Å². The van der Waals surface area contributed by atoms with Gasteiger partial charge < -0.3 is 14.5 Å². The van der Waals surface area contributed by atoms with Gasteiger partial charge in [0.2, 0.25) is 0 Å². The molecule has 1 atom stereocenters. The van der Waals surface area contributed by atoms with Crippen LogP contribution in [0.15, 0.2) is 57.7 Å². The van der Waals surface area contributed by atoms with E-state index in [1.807, 2.05) is 43.3 Å². The van der Waals surface area contributed by atoms with Crippen molar-refractivity contribution >= 4 is 16.9 Å². The van der Waals surface area contributed by atoms with Crippen molar-refractivity contribution in [2.45, 2.75) is 39.3 Å². The second-order valence-corrected chi connectivity index (χ2v) is 7.49.